The molecule has 0 saturated heterocycles. The highest BCUT2D eigenvalue weighted by Gasteiger charge is 2.16. The molecule has 1 N–H and O–H groups in total. The monoisotopic (exact) mass is 269 g/mol. The molecule has 2 amide bonds. The van der Waals surface area contributed by atoms with Crippen molar-refractivity contribution in [1.29, 1.82) is 0 Å². The third-order valence-electron chi connectivity index (χ3n) is 1.89. The average molecular weight is 269 g/mol. The maximum Gasteiger partial charge on any atom is 0.234 e. The molecule has 0 aliphatic heterocycles. The van der Waals surface area contributed by atoms with Crippen molar-refractivity contribution in [2.24, 2.45) is 0 Å². The Balaban J connectivity index is 4.09. The van der Waals surface area contributed by atoms with Crippen molar-refractivity contribution >= 4 is 34.9 Å². The fourth-order valence-electron chi connectivity index (χ4n) is 1.28. The molecular formula is C12H15NO6. The minimum Gasteiger partial charge on any atom is -0.300 e. The number of amides is 2. The summed E-state index contributed by atoms with van der Waals surface area (Å²) in [7, 11) is 0. The van der Waals surface area contributed by atoms with Crippen LogP contribution in [-0.4, -0.2) is 34.9 Å². The van der Waals surface area contributed by atoms with Crippen LogP contribution in [0, 0.1) is 0 Å². The number of imide groups is 1. The van der Waals surface area contributed by atoms with Gasteiger partial charge in [0.05, 0.1) is 25.7 Å². The molecule has 0 heterocycles. The summed E-state index contributed by atoms with van der Waals surface area (Å²) in [6.07, 6.45) is -1.92. The van der Waals surface area contributed by atoms with Gasteiger partial charge in [0.15, 0.2) is 0 Å². The second-order valence-electron chi connectivity index (χ2n) is 4.16. The zero-order valence-corrected chi connectivity index (χ0v) is 10.8. The summed E-state index contributed by atoms with van der Waals surface area (Å²) < 4.78 is 0. The van der Waals surface area contributed by atoms with Gasteiger partial charge in [-0.15, -0.1) is 0 Å². The van der Waals surface area contributed by atoms with Crippen LogP contribution in [0.2, 0.25) is 0 Å². The standard InChI is InChI=1S/C12H15NO6/c1-7(14)3-9(16)5-11(18)13-12(19)6-10(17)4-8(2)15/h3-6H2,1-2H3,(H,13,18,19). The summed E-state index contributed by atoms with van der Waals surface area (Å²) in [6.45, 7) is 2.42. The van der Waals surface area contributed by atoms with Gasteiger partial charge in [-0.05, 0) is 13.8 Å². The number of hydrogen-bond donors (Lipinski definition) is 1. The van der Waals surface area contributed by atoms with Crippen molar-refractivity contribution in [2.45, 2.75) is 39.5 Å². The molecule has 0 aromatic heterocycles. The third-order valence-corrected chi connectivity index (χ3v) is 1.89. The first-order valence-corrected chi connectivity index (χ1v) is 5.55. The number of hydrogen-bond acceptors (Lipinski definition) is 6. The van der Waals surface area contributed by atoms with Crippen LogP contribution in [-0.2, 0) is 28.8 Å². The van der Waals surface area contributed by atoms with Crippen molar-refractivity contribution < 1.29 is 28.8 Å². The van der Waals surface area contributed by atoms with E-state index in [-0.39, 0.29) is 24.4 Å². The predicted molar refractivity (Wildman–Crippen MR) is 63.0 cm³/mol. The summed E-state index contributed by atoms with van der Waals surface area (Å²) in [6, 6.07) is 0. The lowest BCUT2D eigenvalue weighted by molar-refractivity contribution is -0.134. The van der Waals surface area contributed by atoms with E-state index in [4.69, 9.17) is 0 Å². The van der Waals surface area contributed by atoms with Crippen molar-refractivity contribution in [2.75, 3.05) is 0 Å². The first-order chi connectivity index (χ1) is 8.70. The highest BCUT2D eigenvalue weighted by Crippen LogP contribution is 1.94. The highest BCUT2D eigenvalue weighted by molar-refractivity contribution is 6.13. The number of carbonyl (C=O) groups excluding carboxylic acids is 6. The van der Waals surface area contributed by atoms with Crippen LogP contribution in [0.25, 0.3) is 0 Å². The molecule has 104 valence electrons. The zero-order valence-electron chi connectivity index (χ0n) is 10.8. The SMILES string of the molecule is CC(=O)CC(=O)CC(=O)NC(=O)CC(=O)CC(C)=O. The first kappa shape index (κ1) is 16.8. The van der Waals surface area contributed by atoms with Gasteiger partial charge < -0.3 is 0 Å². The normalized spacial score (nSPS) is 9.58. The van der Waals surface area contributed by atoms with Gasteiger partial charge in [-0.1, -0.05) is 0 Å². The maximum atomic E-state index is 11.2. The van der Waals surface area contributed by atoms with Crippen LogP contribution in [0.3, 0.4) is 0 Å². The summed E-state index contributed by atoms with van der Waals surface area (Å²) >= 11 is 0. The van der Waals surface area contributed by atoms with Gasteiger partial charge in [-0.25, -0.2) is 0 Å². The van der Waals surface area contributed by atoms with Gasteiger partial charge in [-0.2, -0.15) is 0 Å². The largest absolute Gasteiger partial charge is 0.300 e. The Labute approximate surface area is 109 Å². The molecule has 0 atom stereocenters. The minimum atomic E-state index is -0.869. The summed E-state index contributed by atoms with van der Waals surface area (Å²) in [5.74, 6) is -3.69. The lowest BCUT2D eigenvalue weighted by Crippen LogP contribution is -2.33. The van der Waals surface area contributed by atoms with Gasteiger partial charge in [0.2, 0.25) is 11.8 Å². The molecule has 7 heteroatoms. The molecule has 0 unspecified atom stereocenters. The Kier molecular flexibility index (Phi) is 7.10. The van der Waals surface area contributed by atoms with E-state index in [0.29, 0.717) is 0 Å². The number of Topliss-reactive ketones (excluding diaryl/α,β-unsaturated/α-hetero) is 4. The molecule has 0 radical (unpaired) electrons. The van der Waals surface area contributed by atoms with Crippen molar-refractivity contribution in [1.82, 2.24) is 5.32 Å². The summed E-state index contributed by atoms with van der Waals surface area (Å²) in [4.78, 5) is 65.9. The van der Waals surface area contributed by atoms with Gasteiger partial charge >= 0.3 is 0 Å². The van der Waals surface area contributed by atoms with Crippen LogP contribution >= 0.6 is 0 Å². The molecule has 0 spiro atoms. The second-order valence-corrected chi connectivity index (χ2v) is 4.16. The average Bonchev–Trinajstić information content (AvgIpc) is 2.12. The molecule has 19 heavy (non-hydrogen) atoms. The zero-order chi connectivity index (χ0) is 15.0. The predicted octanol–water partition coefficient (Wildman–Crippen LogP) is -0.494. The van der Waals surface area contributed by atoms with Gasteiger partial charge in [-0.3, -0.25) is 34.1 Å². The van der Waals surface area contributed by atoms with Crippen LogP contribution in [0.1, 0.15) is 39.5 Å². The number of ketones is 4. The van der Waals surface area contributed by atoms with E-state index in [9.17, 15) is 28.8 Å². The lowest BCUT2D eigenvalue weighted by Gasteiger charge is -2.02. The summed E-state index contributed by atoms with van der Waals surface area (Å²) in [5, 5.41) is 1.85. The molecule has 0 aromatic rings. The fourth-order valence-corrected chi connectivity index (χ4v) is 1.28. The van der Waals surface area contributed by atoms with E-state index < -0.39 is 36.2 Å². The van der Waals surface area contributed by atoms with Gasteiger partial charge in [0.25, 0.3) is 0 Å². The van der Waals surface area contributed by atoms with E-state index in [2.05, 4.69) is 0 Å². The van der Waals surface area contributed by atoms with Gasteiger partial charge in [0.1, 0.15) is 23.1 Å². The molecule has 0 saturated carbocycles. The molecular weight excluding hydrogens is 254 g/mol. The van der Waals surface area contributed by atoms with E-state index in [0.717, 1.165) is 0 Å². The van der Waals surface area contributed by atoms with Crippen LogP contribution < -0.4 is 5.32 Å². The third kappa shape index (κ3) is 9.51. The van der Waals surface area contributed by atoms with E-state index in [1.54, 1.807) is 0 Å². The Bertz CT molecular complexity index is 398. The lowest BCUT2D eigenvalue weighted by atomic mass is 10.1. The van der Waals surface area contributed by atoms with Crippen LogP contribution in [0.4, 0.5) is 0 Å². The van der Waals surface area contributed by atoms with E-state index >= 15 is 0 Å². The number of carbonyl (C=O) groups is 6. The molecule has 0 bridgehead atoms. The van der Waals surface area contributed by atoms with Crippen LogP contribution in [0.5, 0.6) is 0 Å². The number of rotatable bonds is 8. The Morgan fingerprint density at radius 3 is 1.21 bits per heavy atom. The highest BCUT2D eigenvalue weighted by atomic mass is 16.2. The fraction of sp³-hybridized carbons (Fsp3) is 0.500. The van der Waals surface area contributed by atoms with E-state index in [1.165, 1.54) is 13.8 Å². The van der Waals surface area contributed by atoms with Gasteiger partial charge in [0, 0.05) is 0 Å². The molecule has 7 nitrogen and oxygen atoms in total. The Hall–Kier alpha value is -2.18. The Morgan fingerprint density at radius 2 is 0.947 bits per heavy atom. The van der Waals surface area contributed by atoms with Crippen LogP contribution in [0.15, 0.2) is 0 Å². The van der Waals surface area contributed by atoms with Crippen molar-refractivity contribution in [3.8, 4) is 0 Å². The maximum absolute atomic E-state index is 11.2. The second kappa shape index (κ2) is 8.02. The van der Waals surface area contributed by atoms with Crippen molar-refractivity contribution in [3.63, 3.8) is 0 Å². The molecule has 0 aromatic carbocycles. The van der Waals surface area contributed by atoms with Crippen molar-refractivity contribution in [3.05, 3.63) is 0 Å². The van der Waals surface area contributed by atoms with E-state index in [1.807, 2.05) is 5.32 Å². The Morgan fingerprint density at radius 1 is 0.632 bits per heavy atom. The number of nitrogens with one attached hydrogen (secondary N) is 1. The molecule has 0 fully saturated rings. The minimum absolute atomic E-state index is 0.370. The molecule has 0 aliphatic rings. The quantitative estimate of drug-likeness (QED) is 0.594. The summed E-state index contributed by atoms with van der Waals surface area (Å²) in [5.41, 5.74) is 0. The topological polar surface area (TPSA) is 114 Å². The molecule has 0 rings (SSSR count). The smallest absolute Gasteiger partial charge is 0.234 e. The first-order valence-electron chi connectivity index (χ1n) is 5.55. The molecule has 0 aliphatic carbocycles.